The Balaban J connectivity index is 1.39. The molecule has 2 aromatic carbocycles. The first-order valence-corrected chi connectivity index (χ1v) is 10.9. The van der Waals surface area contributed by atoms with Gasteiger partial charge in [0.2, 0.25) is 0 Å². The zero-order valence-electron chi connectivity index (χ0n) is 19.5. The van der Waals surface area contributed by atoms with Gasteiger partial charge in [-0.3, -0.25) is 0 Å². The molecule has 8 heteroatoms. The Morgan fingerprint density at radius 2 is 1.70 bits per heavy atom. The lowest BCUT2D eigenvalue weighted by atomic mass is 10.1. The Bertz CT molecular complexity index is 1130. The molecule has 0 spiro atoms. The summed E-state index contributed by atoms with van der Waals surface area (Å²) in [7, 11) is 3.26. The number of hydrogen-bond donors (Lipinski definition) is 1. The molecule has 0 aliphatic carbocycles. The minimum absolute atomic E-state index is 0.0742. The van der Waals surface area contributed by atoms with Crippen molar-refractivity contribution in [1.29, 1.82) is 0 Å². The summed E-state index contributed by atoms with van der Waals surface area (Å²) >= 11 is 0. The molecule has 8 nitrogen and oxygen atoms in total. The molecule has 0 bridgehead atoms. The third kappa shape index (κ3) is 5.00. The van der Waals surface area contributed by atoms with Crippen molar-refractivity contribution >= 4 is 17.5 Å². The first-order valence-electron chi connectivity index (χ1n) is 10.9. The zero-order chi connectivity index (χ0) is 23.4. The summed E-state index contributed by atoms with van der Waals surface area (Å²) < 4.78 is 10.8. The van der Waals surface area contributed by atoms with Gasteiger partial charge in [0.15, 0.2) is 5.82 Å². The van der Waals surface area contributed by atoms with Crippen LogP contribution in [0.5, 0.6) is 11.5 Å². The van der Waals surface area contributed by atoms with E-state index >= 15 is 0 Å². The van der Waals surface area contributed by atoms with Crippen molar-refractivity contribution < 1.29 is 14.3 Å². The lowest BCUT2D eigenvalue weighted by Gasteiger charge is -2.35. The number of aromatic nitrogens is 2. The van der Waals surface area contributed by atoms with Crippen molar-refractivity contribution in [3.05, 3.63) is 59.7 Å². The van der Waals surface area contributed by atoms with Gasteiger partial charge in [-0.05, 0) is 61.4 Å². The number of nitrogens with one attached hydrogen (secondary N) is 1. The van der Waals surface area contributed by atoms with Gasteiger partial charge in [-0.15, -0.1) is 10.2 Å². The maximum atomic E-state index is 12.7. The number of carbonyl (C=O) groups is 1. The van der Waals surface area contributed by atoms with Crippen LogP contribution < -0.4 is 19.7 Å². The molecule has 1 aliphatic heterocycles. The van der Waals surface area contributed by atoms with Crippen LogP contribution >= 0.6 is 0 Å². The quantitative estimate of drug-likeness (QED) is 0.634. The Labute approximate surface area is 194 Å². The SMILES string of the molecule is COc1ccc(OC)c(-c2ccc(N3CCN(C(=O)Nc4cc(C)ccc4C)CC3)nn2)c1. The lowest BCUT2D eigenvalue weighted by Crippen LogP contribution is -2.50. The number of anilines is 2. The maximum absolute atomic E-state index is 12.7. The van der Waals surface area contributed by atoms with Crippen LogP contribution in [-0.4, -0.2) is 61.5 Å². The standard InChI is InChI=1S/C25H29N5O3/c1-17-5-6-18(2)22(15-17)26-25(31)30-13-11-29(12-14-30)24-10-8-21(27-28-24)20-16-19(32-3)7-9-23(20)33-4/h5-10,15-16H,11-14H2,1-4H3,(H,26,31). The second-order valence-electron chi connectivity index (χ2n) is 8.07. The van der Waals surface area contributed by atoms with E-state index in [1.165, 1.54) is 0 Å². The van der Waals surface area contributed by atoms with Gasteiger partial charge in [0.25, 0.3) is 0 Å². The van der Waals surface area contributed by atoms with Crippen LogP contribution in [0.15, 0.2) is 48.5 Å². The zero-order valence-corrected chi connectivity index (χ0v) is 19.5. The summed E-state index contributed by atoms with van der Waals surface area (Å²) in [4.78, 5) is 16.7. The summed E-state index contributed by atoms with van der Waals surface area (Å²) in [5.41, 5.74) is 4.56. The Kier molecular flexibility index (Phi) is 6.63. The van der Waals surface area contributed by atoms with Crippen LogP contribution in [0.3, 0.4) is 0 Å². The van der Waals surface area contributed by atoms with Crippen molar-refractivity contribution in [1.82, 2.24) is 15.1 Å². The van der Waals surface area contributed by atoms with Crippen molar-refractivity contribution in [2.24, 2.45) is 0 Å². The lowest BCUT2D eigenvalue weighted by molar-refractivity contribution is 0.208. The third-order valence-electron chi connectivity index (χ3n) is 5.86. The predicted molar refractivity (Wildman–Crippen MR) is 129 cm³/mol. The van der Waals surface area contributed by atoms with Gasteiger partial charge in [0.1, 0.15) is 11.5 Å². The number of nitrogens with zero attached hydrogens (tertiary/aromatic N) is 4. The molecule has 2 heterocycles. The maximum Gasteiger partial charge on any atom is 0.321 e. The third-order valence-corrected chi connectivity index (χ3v) is 5.86. The van der Waals surface area contributed by atoms with Gasteiger partial charge in [0.05, 0.1) is 19.9 Å². The molecule has 4 rings (SSSR count). The molecule has 1 aliphatic rings. The topological polar surface area (TPSA) is 79.8 Å². The molecule has 0 saturated carbocycles. The second-order valence-corrected chi connectivity index (χ2v) is 8.07. The Morgan fingerprint density at radius 1 is 0.909 bits per heavy atom. The van der Waals surface area contributed by atoms with E-state index in [1.807, 2.05) is 67.3 Å². The highest BCUT2D eigenvalue weighted by Gasteiger charge is 2.23. The first kappa shape index (κ1) is 22.4. The smallest absolute Gasteiger partial charge is 0.321 e. The van der Waals surface area contributed by atoms with Crippen LogP contribution in [0.1, 0.15) is 11.1 Å². The number of carbonyl (C=O) groups excluding carboxylic acids is 1. The summed E-state index contributed by atoms with van der Waals surface area (Å²) in [6.45, 7) is 6.63. The molecule has 1 fully saturated rings. The summed E-state index contributed by atoms with van der Waals surface area (Å²) in [6.07, 6.45) is 0. The first-order chi connectivity index (χ1) is 16.0. The van der Waals surface area contributed by atoms with E-state index in [2.05, 4.69) is 20.4 Å². The Morgan fingerprint density at radius 3 is 2.36 bits per heavy atom. The summed E-state index contributed by atoms with van der Waals surface area (Å²) in [6, 6.07) is 15.5. The number of benzene rings is 2. The number of methoxy groups -OCH3 is 2. The van der Waals surface area contributed by atoms with Crippen molar-refractivity contribution in [3.63, 3.8) is 0 Å². The molecule has 0 unspecified atom stereocenters. The molecule has 1 aromatic heterocycles. The van der Waals surface area contributed by atoms with Gasteiger partial charge in [-0.2, -0.15) is 0 Å². The van der Waals surface area contributed by atoms with Crippen LogP contribution in [0.4, 0.5) is 16.3 Å². The predicted octanol–water partition coefficient (Wildman–Crippen LogP) is 4.13. The summed E-state index contributed by atoms with van der Waals surface area (Å²) in [5.74, 6) is 2.23. The molecule has 2 amide bonds. The Hall–Kier alpha value is -3.81. The van der Waals surface area contributed by atoms with E-state index < -0.39 is 0 Å². The number of amides is 2. The normalized spacial score (nSPS) is 13.6. The molecule has 172 valence electrons. The van der Waals surface area contributed by atoms with E-state index in [0.29, 0.717) is 37.6 Å². The van der Waals surface area contributed by atoms with Gasteiger partial charge >= 0.3 is 6.03 Å². The van der Waals surface area contributed by atoms with Crippen molar-refractivity contribution in [3.8, 4) is 22.8 Å². The second kappa shape index (κ2) is 9.77. The van der Waals surface area contributed by atoms with E-state index in [4.69, 9.17) is 9.47 Å². The van der Waals surface area contributed by atoms with Crippen LogP contribution in [0, 0.1) is 13.8 Å². The minimum Gasteiger partial charge on any atom is -0.497 e. The number of urea groups is 1. The highest BCUT2D eigenvalue weighted by molar-refractivity contribution is 5.90. The molecule has 1 saturated heterocycles. The average molecular weight is 448 g/mol. The monoisotopic (exact) mass is 447 g/mol. The van der Waals surface area contributed by atoms with Crippen LogP contribution in [0.25, 0.3) is 11.3 Å². The number of rotatable bonds is 5. The fraction of sp³-hybridized carbons (Fsp3) is 0.320. The average Bonchev–Trinajstić information content (AvgIpc) is 2.86. The number of ether oxygens (including phenoxy) is 2. The van der Waals surface area contributed by atoms with Gasteiger partial charge in [-0.1, -0.05) is 12.1 Å². The number of hydrogen-bond acceptors (Lipinski definition) is 6. The molecule has 3 aromatic rings. The van der Waals surface area contributed by atoms with E-state index in [9.17, 15) is 4.79 Å². The molecule has 33 heavy (non-hydrogen) atoms. The summed E-state index contributed by atoms with van der Waals surface area (Å²) in [5, 5.41) is 11.9. The fourth-order valence-electron chi connectivity index (χ4n) is 3.86. The number of piperazine rings is 1. The fourth-order valence-corrected chi connectivity index (χ4v) is 3.86. The van der Waals surface area contributed by atoms with E-state index in [1.54, 1.807) is 14.2 Å². The van der Waals surface area contributed by atoms with Gasteiger partial charge in [-0.25, -0.2) is 4.79 Å². The molecular formula is C25H29N5O3. The van der Waals surface area contributed by atoms with Gasteiger partial charge in [0, 0.05) is 37.4 Å². The minimum atomic E-state index is -0.0742. The van der Waals surface area contributed by atoms with Crippen molar-refractivity contribution in [2.75, 3.05) is 50.6 Å². The highest BCUT2D eigenvalue weighted by Crippen LogP contribution is 2.32. The van der Waals surface area contributed by atoms with Crippen LogP contribution in [0.2, 0.25) is 0 Å². The molecule has 1 N–H and O–H groups in total. The van der Waals surface area contributed by atoms with Crippen LogP contribution in [-0.2, 0) is 0 Å². The molecular weight excluding hydrogens is 418 g/mol. The molecule has 0 radical (unpaired) electrons. The largest absolute Gasteiger partial charge is 0.497 e. The molecule has 0 atom stereocenters. The van der Waals surface area contributed by atoms with Gasteiger partial charge < -0.3 is 24.6 Å². The highest BCUT2D eigenvalue weighted by atomic mass is 16.5. The van der Waals surface area contributed by atoms with E-state index in [0.717, 1.165) is 33.9 Å². The van der Waals surface area contributed by atoms with E-state index in [-0.39, 0.29) is 6.03 Å². The van der Waals surface area contributed by atoms with Crippen molar-refractivity contribution in [2.45, 2.75) is 13.8 Å². The number of aryl methyl sites for hydroxylation is 2.